The number of fused-ring (bicyclic) bond motifs is 4. The lowest BCUT2D eigenvalue weighted by Crippen LogP contribution is -2.53. The van der Waals surface area contributed by atoms with Gasteiger partial charge >= 0.3 is 6.03 Å². The first-order chi connectivity index (χ1) is 15.2. The van der Waals surface area contributed by atoms with Crippen molar-refractivity contribution in [1.29, 1.82) is 0 Å². The number of nitrogens with zero attached hydrogens (tertiary/aromatic N) is 5. The van der Waals surface area contributed by atoms with Gasteiger partial charge in [0.2, 0.25) is 0 Å². The summed E-state index contributed by atoms with van der Waals surface area (Å²) in [4.78, 5) is 26.7. The van der Waals surface area contributed by atoms with Gasteiger partial charge in [-0.1, -0.05) is 6.07 Å². The lowest BCUT2D eigenvalue weighted by atomic mass is 10.0. The summed E-state index contributed by atoms with van der Waals surface area (Å²) in [5.41, 5.74) is 6.44. The molecule has 2 N–H and O–H groups in total. The molecule has 0 radical (unpaired) electrons. The van der Waals surface area contributed by atoms with Crippen molar-refractivity contribution >= 4 is 33.7 Å². The predicted octanol–water partition coefficient (Wildman–Crippen LogP) is 3.30. The van der Waals surface area contributed by atoms with Gasteiger partial charge in [-0.15, -0.1) is 0 Å². The molecular formula is C23H23N7O. The van der Waals surface area contributed by atoms with Crippen molar-refractivity contribution in [3.05, 3.63) is 48.3 Å². The zero-order chi connectivity index (χ0) is 20.9. The van der Waals surface area contributed by atoms with Crippen molar-refractivity contribution in [2.24, 2.45) is 0 Å². The number of benzene rings is 1. The van der Waals surface area contributed by atoms with Gasteiger partial charge in [-0.3, -0.25) is 15.0 Å². The summed E-state index contributed by atoms with van der Waals surface area (Å²) in [6, 6.07) is 10.3. The molecule has 1 aromatic carbocycles. The van der Waals surface area contributed by atoms with E-state index in [4.69, 9.17) is 4.98 Å². The molecular weight excluding hydrogens is 390 g/mol. The minimum absolute atomic E-state index is 0.0407. The standard InChI is InChI=1S/C23H23N7O/c1-29-13-16-11-25-20-5-4-18(14-2-3-19-15(10-14)12-26-28-19)27-21(20)22(16)30(23(29)31)17-6-8-24-9-7-17/h2-5,10-12,17,24H,6-9,13H2,1H3,(H,26,28). The Kier molecular flexibility index (Phi) is 4.14. The van der Waals surface area contributed by atoms with E-state index in [9.17, 15) is 4.79 Å². The Morgan fingerprint density at radius 2 is 1.97 bits per heavy atom. The van der Waals surface area contributed by atoms with E-state index in [1.54, 1.807) is 4.90 Å². The third kappa shape index (κ3) is 2.94. The number of hydrogen-bond acceptors (Lipinski definition) is 5. The van der Waals surface area contributed by atoms with Crippen molar-refractivity contribution in [3.63, 3.8) is 0 Å². The molecule has 1 saturated heterocycles. The molecule has 8 heteroatoms. The highest BCUT2D eigenvalue weighted by atomic mass is 16.2. The van der Waals surface area contributed by atoms with Gasteiger partial charge in [0, 0.05) is 35.8 Å². The second-order valence-electron chi connectivity index (χ2n) is 8.36. The second kappa shape index (κ2) is 7.02. The Labute approximate surface area is 179 Å². The fourth-order valence-corrected chi connectivity index (χ4v) is 4.74. The Balaban J connectivity index is 1.54. The first kappa shape index (κ1) is 18.3. The maximum atomic E-state index is 13.3. The average Bonchev–Trinajstić information content (AvgIpc) is 3.28. The van der Waals surface area contributed by atoms with Crippen LogP contribution in [0.2, 0.25) is 0 Å². The number of nitrogens with one attached hydrogen (secondary N) is 2. The van der Waals surface area contributed by atoms with Crippen molar-refractivity contribution in [3.8, 4) is 11.3 Å². The van der Waals surface area contributed by atoms with Gasteiger partial charge in [-0.2, -0.15) is 5.10 Å². The summed E-state index contributed by atoms with van der Waals surface area (Å²) >= 11 is 0. The molecule has 0 saturated carbocycles. The molecule has 6 rings (SSSR count). The van der Waals surface area contributed by atoms with Crippen LogP contribution in [-0.2, 0) is 6.54 Å². The minimum Gasteiger partial charge on any atom is -0.323 e. The third-order valence-corrected chi connectivity index (χ3v) is 6.35. The molecule has 1 fully saturated rings. The zero-order valence-corrected chi connectivity index (χ0v) is 17.3. The number of carbonyl (C=O) groups excluding carboxylic acids is 1. The van der Waals surface area contributed by atoms with Crippen LogP contribution in [0.15, 0.2) is 42.7 Å². The van der Waals surface area contributed by atoms with E-state index in [0.29, 0.717) is 6.54 Å². The average molecular weight is 413 g/mol. The summed E-state index contributed by atoms with van der Waals surface area (Å²) in [7, 11) is 1.85. The van der Waals surface area contributed by atoms with E-state index in [1.807, 2.05) is 48.6 Å². The smallest absolute Gasteiger partial charge is 0.323 e. The summed E-state index contributed by atoms with van der Waals surface area (Å²) in [5, 5.41) is 11.5. The molecule has 2 aliphatic rings. The number of H-pyrrole nitrogens is 1. The fourth-order valence-electron chi connectivity index (χ4n) is 4.74. The highest BCUT2D eigenvalue weighted by molar-refractivity contribution is 6.04. The van der Waals surface area contributed by atoms with Crippen molar-refractivity contribution in [2.45, 2.75) is 25.4 Å². The van der Waals surface area contributed by atoms with Crippen molar-refractivity contribution in [2.75, 3.05) is 25.0 Å². The van der Waals surface area contributed by atoms with Gasteiger partial charge in [0.1, 0.15) is 5.52 Å². The molecule has 0 aliphatic carbocycles. The van der Waals surface area contributed by atoms with E-state index >= 15 is 0 Å². The van der Waals surface area contributed by atoms with Crippen LogP contribution >= 0.6 is 0 Å². The first-order valence-electron chi connectivity index (χ1n) is 10.7. The Morgan fingerprint density at radius 1 is 1.10 bits per heavy atom. The molecule has 0 atom stereocenters. The molecule has 0 unspecified atom stereocenters. The monoisotopic (exact) mass is 413 g/mol. The second-order valence-corrected chi connectivity index (χ2v) is 8.36. The van der Waals surface area contributed by atoms with Crippen LogP contribution in [0.4, 0.5) is 10.5 Å². The van der Waals surface area contributed by atoms with Crippen LogP contribution in [0.5, 0.6) is 0 Å². The summed E-state index contributed by atoms with van der Waals surface area (Å²) in [5.74, 6) is 0. The number of aromatic nitrogens is 4. The number of rotatable bonds is 2. The van der Waals surface area contributed by atoms with Crippen LogP contribution < -0.4 is 10.2 Å². The number of amides is 2. The maximum Gasteiger partial charge on any atom is 0.324 e. The molecule has 31 heavy (non-hydrogen) atoms. The molecule has 3 aromatic heterocycles. The molecule has 156 valence electrons. The fraction of sp³-hybridized carbons (Fsp3) is 0.304. The topological polar surface area (TPSA) is 90.0 Å². The number of hydrogen-bond donors (Lipinski definition) is 2. The molecule has 4 aromatic rings. The van der Waals surface area contributed by atoms with E-state index in [1.165, 1.54) is 0 Å². The van der Waals surface area contributed by atoms with Crippen LogP contribution in [-0.4, -0.2) is 57.3 Å². The molecule has 8 nitrogen and oxygen atoms in total. The Hall–Kier alpha value is -3.52. The summed E-state index contributed by atoms with van der Waals surface area (Å²) in [6.45, 7) is 2.38. The number of carbonyl (C=O) groups is 1. The maximum absolute atomic E-state index is 13.3. The summed E-state index contributed by atoms with van der Waals surface area (Å²) in [6.07, 6.45) is 5.57. The highest BCUT2D eigenvalue weighted by Gasteiger charge is 2.36. The number of pyridine rings is 2. The van der Waals surface area contributed by atoms with Gasteiger partial charge in [0.25, 0.3) is 0 Å². The first-order valence-corrected chi connectivity index (χ1v) is 10.7. The highest BCUT2D eigenvalue weighted by Crippen LogP contribution is 2.37. The minimum atomic E-state index is 0.0407. The molecule has 2 amide bonds. The summed E-state index contributed by atoms with van der Waals surface area (Å²) < 4.78 is 0. The van der Waals surface area contributed by atoms with E-state index in [0.717, 1.165) is 70.4 Å². The largest absolute Gasteiger partial charge is 0.324 e. The Morgan fingerprint density at radius 3 is 2.84 bits per heavy atom. The van der Waals surface area contributed by atoms with Gasteiger partial charge < -0.3 is 10.2 Å². The van der Waals surface area contributed by atoms with Gasteiger partial charge in [-0.25, -0.2) is 9.78 Å². The normalized spacial score (nSPS) is 17.5. The number of aromatic amines is 1. The van der Waals surface area contributed by atoms with Crippen LogP contribution in [0.3, 0.4) is 0 Å². The van der Waals surface area contributed by atoms with E-state index in [2.05, 4.69) is 26.6 Å². The molecule has 2 aliphatic heterocycles. The predicted molar refractivity (Wildman–Crippen MR) is 120 cm³/mol. The molecule has 0 spiro atoms. The lowest BCUT2D eigenvalue weighted by molar-refractivity contribution is 0.205. The number of urea groups is 1. The van der Waals surface area contributed by atoms with Crippen molar-refractivity contribution < 1.29 is 4.79 Å². The van der Waals surface area contributed by atoms with E-state index < -0.39 is 0 Å². The SMILES string of the molecule is CN1Cc2cnc3ccc(-c4ccc5[nH]ncc5c4)nc3c2N(C2CCNCC2)C1=O. The Bertz CT molecular complexity index is 1310. The van der Waals surface area contributed by atoms with Crippen LogP contribution in [0, 0.1) is 0 Å². The number of piperidine rings is 1. The zero-order valence-electron chi connectivity index (χ0n) is 17.3. The van der Waals surface area contributed by atoms with Crippen LogP contribution in [0.1, 0.15) is 18.4 Å². The third-order valence-electron chi connectivity index (χ3n) is 6.35. The molecule has 0 bridgehead atoms. The van der Waals surface area contributed by atoms with E-state index in [-0.39, 0.29) is 12.1 Å². The van der Waals surface area contributed by atoms with Crippen LogP contribution in [0.25, 0.3) is 33.2 Å². The quantitative estimate of drug-likeness (QED) is 0.526. The lowest BCUT2D eigenvalue weighted by Gasteiger charge is -2.41. The van der Waals surface area contributed by atoms with Gasteiger partial charge in [0.15, 0.2) is 0 Å². The number of anilines is 1. The van der Waals surface area contributed by atoms with Crippen molar-refractivity contribution in [1.82, 2.24) is 30.4 Å². The van der Waals surface area contributed by atoms with Gasteiger partial charge in [-0.05, 0) is 50.2 Å². The molecule has 5 heterocycles. The van der Waals surface area contributed by atoms with Gasteiger partial charge in [0.05, 0.1) is 35.2 Å².